The smallest absolute Gasteiger partial charge is 0.434 e. The van der Waals surface area contributed by atoms with Crippen LogP contribution in [-0.2, 0) is 6.54 Å². The number of quaternary nitrogens is 1. The first kappa shape index (κ1) is 16.5. The van der Waals surface area contributed by atoms with Gasteiger partial charge in [0, 0.05) is 0 Å². The van der Waals surface area contributed by atoms with Crippen molar-refractivity contribution in [2.24, 2.45) is 0 Å². The lowest BCUT2D eigenvalue weighted by Crippen LogP contribution is -3.00. The first-order valence-corrected chi connectivity index (χ1v) is 5.98. The minimum Gasteiger partial charge on any atom is -1.00 e. The molecule has 1 heterocycles. The van der Waals surface area contributed by atoms with Crippen LogP contribution in [0.5, 0.6) is 0 Å². The molecule has 1 aromatic heterocycles. The average molecular weight is 376 g/mol. The topological polar surface area (TPSA) is 97.8 Å². The van der Waals surface area contributed by atoms with Gasteiger partial charge in [0.25, 0.3) is 0 Å². The fourth-order valence-corrected chi connectivity index (χ4v) is 1.63. The molecule has 0 aliphatic heterocycles. The maximum Gasteiger partial charge on any atom is 0.434 e. The second-order valence-electron chi connectivity index (χ2n) is 3.29. The molecule has 17 heavy (non-hydrogen) atoms. The van der Waals surface area contributed by atoms with E-state index in [0.717, 1.165) is 11.9 Å². The molecule has 1 atom stereocenters. The monoisotopic (exact) mass is 374 g/mol. The van der Waals surface area contributed by atoms with Crippen molar-refractivity contribution in [2.75, 3.05) is 18.4 Å². The third-order valence-corrected chi connectivity index (χ3v) is 2.47. The number of aromatic nitrogens is 2. The van der Waals surface area contributed by atoms with Gasteiger partial charge in [0.1, 0.15) is 31.6 Å². The quantitative estimate of drug-likeness (QED) is 0.220. The summed E-state index contributed by atoms with van der Waals surface area (Å²) in [5.74, 6) is -0.237. The third-order valence-electron chi connectivity index (χ3n) is 2.02. The van der Waals surface area contributed by atoms with Gasteiger partial charge in [-0.3, -0.25) is 0 Å². The normalized spacial score (nSPS) is 11.9. The summed E-state index contributed by atoms with van der Waals surface area (Å²) in [7, 11) is 0. The predicted molar refractivity (Wildman–Crippen MR) is 60.3 cm³/mol. The van der Waals surface area contributed by atoms with E-state index in [4.69, 9.17) is 0 Å². The Kier molecular flexibility index (Phi) is 8.30. The number of nitro groups is 1. The van der Waals surface area contributed by atoms with Crippen molar-refractivity contribution in [1.82, 2.24) is 9.55 Å². The van der Waals surface area contributed by atoms with E-state index < -0.39 is 11.0 Å². The largest absolute Gasteiger partial charge is 1.00 e. The summed E-state index contributed by atoms with van der Waals surface area (Å²) in [6.45, 7) is 1.57. The van der Waals surface area contributed by atoms with E-state index in [2.05, 4.69) is 20.9 Å². The number of alkyl halides is 1. The maximum absolute atomic E-state index is 10.6. The van der Waals surface area contributed by atoms with Crippen LogP contribution in [0.2, 0.25) is 0 Å². The van der Waals surface area contributed by atoms with Crippen LogP contribution in [0.1, 0.15) is 0 Å². The van der Waals surface area contributed by atoms with Crippen molar-refractivity contribution in [3.63, 3.8) is 0 Å². The minimum atomic E-state index is -0.619. The summed E-state index contributed by atoms with van der Waals surface area (Å²) in [6.07, 6.45) is 2.23. The molecule has 0 bridgehead atoms. The van der Waals surface area contributed by atoms with Crippen LogP contribution in [0.15, 0.2) is 12.4 Å². The highest BCUT2D eigenvalue weighted by Gasteiger charge is 2.17. The van der Waals surface area contributed by atoms with Crippen LogP contribution in [0.3, 0.4) is 0 Å². The van der Waals surface area contributed by atoms with Crippen LogP contribution in [0.25, 0.3) is 0 Å². The van der Waals surface area contributed by atoms with Crippen LogP contribution >= 0.6 is 15.9 Å². The van der Waals surface area contributed by atoms with Crippen LogP contribution < -0.4 is 22.3 Å². The molecule has 9 heteroatoms. The lowest BCUT2D eigenvalue weighted by molar-refractivity contribution is -0.657. The second kappa shape index (κ2) is 8.56. The highest BCUT2D eigenvalue weighted by atomic mass is 79.9. The molecule has 0 aromatic carbocycles. The SMILES string of the molecule is O=[N+]([O-])c1nccn1C[14C@H](O)C[NH2+]CCBr.[Br-]. The molecule has 0 spiro atoms. The van der Waals surface area contributed by atoms with E-state index in [-0.39, 0.29) is 29.5 Å². The number of imidazole rings is 1. The molecule has 0 fully saturated rings. The summed E-state index contributed by atoms with van der Waals surface area (Å²) in [6, 6.07) is 0. The molecule has 1 aromatic rings. The van der Waals surface area contributed by atoms with E-state index in [1.165, 1.54) is 17.0 Å². The van der Waals surface area contributed by atoms with Crippen molar-refractivity contribution < 1.29 is 32.3 Å². The zero-order valence-electron chi connectivity index (χ0n) is 9.00. The lowest BCUT2D eigenvalue weighted by Gasteiger charge is -2.08. The average Bonchev–Trinajstić information content (AvgIpc) is 2.66. The zero-order chi connectivity index (χ0) is 12.0. The van der Waals surface area contributed by atoms with Gasteiger partial charge in [-0.2, -0.15) is 0 Å². The molecular weight excluding hydrogens is 362 g/mol. The summed E-state index contributed by atoms with van der Waals surface area (Å²) >= 11 is 3.27. The molecule has 0 saturated heterocycles. The van der Waals surface area contributed by atoms with Crippen LogP contribution in [-0.4, -0.2) is 44.1 Å². The summed E-state index contributed by atoms with van der Waals surface area (Å²) in [5, 5.41) is 23.0. The minimum absolute atomic E-state index is 0. The molecule has 0 aliphatic carbocycles. The highest BCUT2D eigenvalue weighted by molar-refractivity contribution is 9.09. The molecule has 98 valence electrons. The lowest BCUT2D eigenvalue weighted by atomic mass is 10.7. The molecule has 0 radical (unpaired) electrons. The Hall–Kier alpha value is -0.510. The number of rotatable bonds is 7. The molecule has 1 rings (SSSR count). The number of hydrogen-bond acceptors (Lipinski definition) is 4. The Labute approximate surface area is 117 Å². The molecule has 0 amide bonds. The number of nitrogens with zero attached hydrogens (tertiary/aromatic N) is 3. The Bertz CT molecular complexity index is 347. The van der Waals surface area contributed by atoms with Crippen molar-refractivity contribution in [1.29, 1.82) is 0 Å². The van der Waals surface area contributed by atoms with Gasteiger partial charge >= 0.3 is 5.95 Å². The number of nitrogens with two attached hydrogens (primary N) is 1. The first-order chi connectivity index (χ1) is 7.65. The fourth-order valence-electron chi connectivity index (χ4n) is 1.30. The molecule has 0 aliphatic rings. The number of hydrogen-bond donors (Lipinski definition) is 2. The van der Waals surface area contributed by atoms with Crippen molar-refractivity contribution in [2.45, 2.75) is 12.6 Å². The van der Waals surface area contributed by atoms with E-state index in [9.17, 15) is 15.2 Å². The maximum atomic E-state index is 10.6. The van der Waals surface area contributed by atoms with E-state index in [0.29, 0.717) is 6.54 Å². The summed E-state index contributed by atoms with van der Waals surface area (Å²) in [4.78, 5) is 13.6. The van der Waals surface area contributed by atoms with Gasteiger partial charge < -0.3 is 37.5 Å². The van der Waals surface area contributed by atoms with Gasteiger partial charge in [0.15, 0.2) is 0 Å². The highest BCUT2D eigenvalue weighted by Crippen LogP contribution is 2.07. The third kappa shape index (κ3) is 5.57. The van der Waals surface area contributed by atoms with Crippen LogP contribution in [0.4, 0.5) is 5.95 Å². The van der Waals surface area contributed by atoms with Crippen molar-refractivity contribution in [3.05, 3.63) is 22.5 Å². The van der Waals surface area contributed by atoms with Gasteiger partial charge in [0.2, 0.25) is 0 Å². The Morgan fingerprint density at radius 3 is 3.00 bits per heavy atom. The van der Waals surface area contributed by atoms with Crippen molar-refractivity contribution in [3.8, 4) is 0 Å². The van der Waals surface area contributed by atoms with Gasteiger partial charge in [-0.1, -0.05) is 20.9 Å². The standard InChI is InChI=1S/C8H13BrN4O3.BrH/c9-1-2-10-5-7(14)6-12-4-3-11-8(12)13(15)16;/h3-4,7,10,14H,1-2,5-6H2;1H/t7-;/m1./s1/i7+2;. The Morgan fingerprint density at radius 2 is 2.41 bits per heavy atom. The van der Waals surface area contributed by atoms with Gasteiger partial charge in [-0.15, -0.1) is 0 Å². The van der Waals surface area contributed by atoms with Gasteiger partial charge in [-0.25, -0.2) is 4.57 Å². The molecule has 0 unspecified atom stereocenters. The summed E-state index contributed by atoms with van der Waals surface area (Å²) in [5.41, 5.74) is 0. The Morgan fingerprint density at radius 1 is 1.71 bits per heavy atom. The van der Waals surface area contributed by atoms with E-state index in [1.54, 1.807) is 0 Å². The Balaban J connectivity index is 0.00000256. The van der Waals surface area contributed by atoms with E-state index in [1.807, 2.05) is 5.32 Å². The second-order valence-corrected chi connectivity index (χ2v) is 4.09. The fraction of sp³-hybridized carbons (Fsp3) is 0.625. The van der Waals surface area contributed by atoms with E-state index >= 15 is 0 Å². The zero-order valence-corrected chi connectivity index (χ0v) is 12.2. The number of halogens is 2. The van der Waals surface area contributed by atoms with Crippen LogP contribution in [0, 0.1) is 10.1 Å². The predicted octanol–water partition coefficient (Wildman–Crippen LogP) is -3.89. The number of aliphatic hydroxyl groups excluding tert-OH is 1. The first-order valence-electron chi connectivity index (χ1n) is 4.86. The van der Waals surface area contributed by atoms with Crippen molar-refractivity contribution >= 4 is 21.9 Å². The van der Waals surface area contributed by atoms with Gasteiger partial charge in [0.05, 0.1) is 11.9 Å². The molecule has 0 saturated carbocycles. The van der Waals surface area contributed by atoms with Gasteiger partial charge in [-0.05, 0) is 4.92 Å². The molecule has 3 N–H and O–H groups in total. The summed E-state index contributed by atoms with van der Waals surface area (Å²) < 4.78 is 1.34. The molecule has 7 nitrogen and oxygen atoms in total. The number of aliphatic hydroxyl groups is 1. The molecular formula is C8H14Br2N4O3.